The Morgan fingerprint density at radius 1 is 1.33 bits per heavy atom. The van der Waals surface area contributed by atoms with Crippen LogP contribution in [0.2, 0.25) is 0 Å². The van der Waals surface area contributed by atoms with Gasteiger partial charge in [-0.2, -0.15) is 5.10 Å². The first-order valence-electron chi connectivity index (χ1n) is 5.60. The highest BCUT2D eigenvalue weighted by Crippen LogP contribution is 2.35. The number of nitrogens with zero attached hydrogens (tertiary/aromatic N) is 2. The predicted octanol–water partition coefficient (Wildman–Crippen LogP) is 3.79. The third kappa shape index (κ3) is 2.27. The van der Waals surface area contributed by atoms with Gasteiger partial charge in [-0.25, -0.2) is 4.39 Å². The van der Waals surface area contributed by atoms with E-state index in [-0.39, 0.29) is 11.4 Å². The average molecular weight is 312 g/mol. The van der Waals surface area contributed by atoms with E-state index in [9.17, 15) is 4.39 Å². The first-order valence-corrected chi connectivity index (χ1v) is 6.39. The van der Waals surface area contributed by atoms with Gasteiger partial charge in [0.25, 0.3) is 0 Å². The SMILES string of the molecule is CC(C)(C)n1ncc(N)c1-c1cc(F)ccc1Br. The van der Waals surface area contributed by atoms with Crippen molar-refractivity contribution in [1.29, 1.82) is 0 Å². The molecule has 1 aromatic heterocycles. The van der Waals surface area contributed by atoms with Crippen LogP contribution in [0.25, 0.3) is 11.3 Å². The molecule has 0 bridgehead atoms. The van der Waals surface area contributed by atoms with Crippen molar-refractivity contribution in [1.82, 2.24) is 9.78 Å². The van der Waals surface area contributed by atoms with E-state index in [4.69, 9.17) is 5.73 Å². The quantitative estimate of drug-likeness (QED) is 0.870. The molecule has 3 nitrogen and oxygen atoms in total. The Morgan fingerprint density at radius 2 is 2.00 bits per heavy atom. The molecule has 0 atom stereocenters. The van der Waals surface area contributed by atoms with Crippen molar-refractivity contribution in [2.24, 2.45) is 0 Å². The maximum absolute atomic E-state index is 13.4. The standard InChI is InChI=1S/C13H15BrFN3/c1-13(2,3)18-12(11(16)7-17-18)9-6-8(15)4-5-10(9)14/h4-7H,16H2,1-3H3. The van der Waals surface area contributed by atoms with Gasteiger partial charge in [-0.1, -0.05) is 15.9 Å². The summed E-state index contributed by atoms with van der Waals surface area (Å²) >= 11 is 3.42. The van der Waals surface area contributed by atoms with Crippen LogP contribution in [0.15, 0.2) is 28.9 Å². The lowest BCUT2D eigenvalue weighted by Gasteiger charge is -2.23. The maximum Gasteiger partial charge on any atom is 0.123 e. The van der Waals surface area contributed by atoms with Crippen LogP contribution in [0, 0.1) is 5.82 Å². The number of aromatic nitrogens is 2. The normalized spacial score (nSPS) is 11.8. The Balaban J connectivity index is 2.71. The fraction of sp³-hybridized carbons (Fsp3) is 0.308. The van der Waals surface area contributed by atoms with Crippen molar-refractivity contribution in [2.45, 2.75) is 26.3 Å². The van der Waals surface area contributed by atoms with E-state index in [1.165, 1.54) is 12.1 Å². The molecule has 18 heavy (non-hydrogen) atoms. The van der Waals surface area contributed by atoms with E-state index >= 15 is 0 Å². The summed E-state index contributed by atoms with van der Waals surface area (Å²) in [5.41, 5.74) is 7.72. The van der Waals surface area contributed by atoms with E-state index in [1.54, 1.807) is 12.3 Å². The summed E-state index contributed by atoms with van der Waals surface area (Å²) in [6.45, 7) is 6.07. The molecule has 1 aromatic carbocycles. The maximum atomic E-state index is 13.4. The number of rotatable bonds is 1. The molecule has 0 unspecified atom stereocenters. The van der Waals surface area contributed by atoms with Crippen LogP contribution < -0.4 is 5.73 Å². The van der Waals surface area contributed by atoms with Crippen molar-refractivity contribution in [3.05, 3.63) is 34.7 Å². The summed E-state index contributed by atoms with van der Waals surface area (Å²) in [6.07, 6.45) is 1.60. The molecule has 0 radical (unpaired) electrons. The van der Waals surface area contributed by atoms with Gasteiger partial charge in [0.15, 0.2) is 0 Å². The molecule has 0 amide bonds. The highest BCUT2D eigenvalue weighted by atomic mass is 79.9. The second-order valence-electron chi connectivity index (χ2n) is 5.16. The van der Waals surface area contributed by atoms with Gasteiger partial charge in [0.2, 0.25) is 0 Å². The van der Waals surface area contributed by atoms with Gasteiger partial charge in [0, 0.05) is 10.0 Å². The molecule has 2 N–H and O–H groups in total. The Kier molecular flexibility index (Phi) is 3.19. The molecule has 0 aliphatic heterocycles. The minimum atomic E-state index is -0.297. The molecule has 0 aliphatic carbocycles. The minimum absolute atomic E-state index is 0.224. The Hall–Kier alpha value is -1.36. The first kappa shape index (κ1) is 13.1. The van der Waals surface area contributed by atoms with Crippen LogP contribution in [-0.2, 0) is 5.54 Å². The number of hydrogen-bond acceptors (Lipinski definition) is 2. The first-order chi connectivity index (χ1) is 8.30. The summed E-state index contributed by atoms with van der Waals surface area (Å²) in [4.78, 5) is 0. The molecule has 1 heterocycles. The molecule has 0 saturated heterocycles. The van der Waals surface area contributed by atoms with Crippen molar-refractivity contribution in [3.8, 4) is 11.3 Å². The Bertz CT molecular complexity index is 584. The highest BCUT2D eigenvalue weighted by molar-refractivity contribution is 9.10. The Labute approximate surface area is 114 Å². The highest BCUT2D eigenvalue weighted by Gasteiger charge is 2.22. The monoisotopic (exact) mass is 311 g/mol. The Morgan fingerprint density at radius 3 is 2.61 bits per heavy atom. The van der Waals surface area contributed by atoms with Crippen LogP contribution in [0.4, 0.5) is 10.1 Å². The number of hydrogen-bond donors (Lipinski definition) is 1. The van der Waals surface area contributed by atoms with E-state index in [0.717, 1.165) is 10.2 Å². The molecule has 0 aliphatic rings. The van der Waals surface area contributed by atoms with Crippen LogP contribution in [-0.4, -0.2) is 9.78 Å². The van der Waals surface area contributed by atoms with Crippen LogP contribution in [0.5, 0.6) is 0 Å². The molecule has 96 valence electrons. The second-order valence-corrected chi connectivity index (χ2v) is 6.01. The van der Waals surface area contributed by atoms with Gasteiger partial charge in [-0.05, 0) is 39.0 Å². The predicted molar refractivity (Wildman–Crippen MR) is 74.7 cm³/mol. The minimum Gasteiger partial charge on any atom is -0.396 e. The zero-order valence-electron chi connectivity index (χ0n) is 10.5. The number of nitrogen functional groups attached to an aromatic ring is 1. The van der Waals surface area contributed by atoms with Crippen LogP contribution >= 0.6 is 15.9 Å². The third-order valence-corrected chi connectivity index (χ3v) is 3.31. The van der Waals surface area contributed by atoms with Crippen molar-refractivity contribution < 1.29 is 4.39 Å². The summed E-state index contributed by atoms with van der Waals surface area (Å²) in [6, 6.07) is 4.53. The van der Waals surface area contributed by atoms with Gasteiger partial charge in [-0.15, -0.1) is 0 Å². The topological polar surface area (TPSA) is 43.8 Å². The smallest absolute Gasteiger partial charge is 0.123 e. The fourth-order valence-electron chi connectivity index (χ4n) is 1.82. The van der Waals surface area contributed by atoms with Crippen LogP contribution in [0.1, 0.15) is 20.8 Å². The van der Waals surface area contributed by atoms with Crippen molar-refractivity contribution in [3.63, 3.8) is 0 Å². The molecular formula is C13H15BrFN3. The van der Waals surface area contributed by atoms with Crippen molar-refractivity contribution >= 4 is 21.6 Å². The molecule has 0 saturated carbocycles. The number of anilines is 1. The second kappa shape index (κ2) is 4.39. The molecular weight excluding hydrogens is 297 g/mol. The third-order valence-electron chi connectivity index (χ3n) is 2.62. The summed E-state index contributed by atoms with van der Waals surface area (Å²) < 4.78 is 16.0. The summed E-state index contributed by atoms with van der Waals surface area (Å²) in [5.74, 6) is -0.297. The molecule has 0 fully saturated rings. The van der Waals surface area contributed by atoms with E-state index < -0.39 is 0 Å². The average Bonchev–Trinajstić information content (AvgIpc) is 2.63. The van der Waals surface area contributed by atoms with E-state index in [0.29, 0.717) is 11.3 Å². The summed E-state index contributed by atoms with van der Waals surface area (Å²) in [7, 11) is 0. The number of benzene rings is 1. The lowest BCUT2D eigenvalue weighted by Crippen LogP contribution is -2.24. The lowest BCUT2D eigenvalue weighted by atomic mass is 10.1. The van der Waals surface area contributed by atoms with Gasteiger partial charge in [0.05, 0.1) is 23.1 Å². The zero-order valence-corrected chi connectivity index (χ0v) is 12.1. The van der Waals surface area contributed by atoms with Gasteiger partial charge < -0.3 is 5.73 Å². The fourth-order valence-corrected chi connectivity index (χ4v) is 2.25. The van der Waals surface area contributed by atoms with E-state index in [1.807, 2.05) is 25.5 Å². The largest absolute Gasteiger partial charge is 0.396 e. The van der Waals surface area contributed by atoms with Gasteiger partial charge in [-0.3, -0.25) is 4.68 Å². The van der Waals surface area contributed by atoms with E-state index in [2.05, 4.69) is 21.0 Å². The van der Waals surface area contributed by atoms with Crippen LogP contribution in [0.3, 0.4) is 0 Å². The molecule has 2 rings (SSSR count). The molecule has 5 heteroatoms. The number of halogens is 2. The van der Waals surface area contributed by atoms with Gasteiger partial charge in [0.1, 0.15) is 5.82 Å². The summed E-state index contributed by atoms with van der Waals surface area (Å²) in [5, 5.41) is 4.28. The zero-order chi connectivity index (χ0) is 13.5. The molecule has 0 spiro atoms. The number of nitrogens with two attached hydrogens (primary N) is 1. The van der Waals surface area contributed by atoms with Crippen molar-refractivity contribution in [2.75, 3.05) is 5.73 Å². The lowest BCUT2D eigenvalue weighted by molar-refractivity contribution is 0.360. The van der Waals surface area contributed by atoms with Gasteiger partial charge >= 0.3 is 0 Å². The molecule has 2 aromatic rings.